The summed E-state index contributed by atoms with van der Waals surface area (Å²) in [4.78, 5) is 36.1. The molecule has 0 saturated carbocycles. The third-order valence-corrected chi connectivity index (χ3v) is 3.13. The maximum absolute atomic E-state index is 12.8. The molecule has 1 aromatic carbocycles. The Bertz CT molecular complexity index is 754. The van der Waals surface area contributed by atoms with Gasteiger partial charge in [0.2, 0.25) is 5.78 Å². The lowest BCUT2D eigenvalue weighted by Gasteiger charge is -2.13. The third-order valence-electron chi connectivity index (χ3n) is 3.13. The lowest BCUT2D eigenvalue weighted by atomic mass is 9.96. The fourth-order valence-corrected chi connectivity index (χ4v) is 2.07. The van der Waals surface area contributed by atoms with E-state index in [4.69, 9.17) is 0 Å². The standard InChI is InChI=1S/C15H10FN3O2/c16-10-3-1-9(2-4-10)8-19-11-7-12(20)13-14(15(11)21)18-6-5-17-13/h1-6H,7-8H2. The number of Topliss-reactive ketones (excluding diaryl/α,β-unsaturated/α-hetero) is 2. The van der Waals surface area contributed by atoms with Crippen LogP contribution in [0.3, 0.4) is 0 Å². The Hall–Kier alpha value is -2.76. The van der Waals surface area contributed by atoms with Crippen LogP contribution in [0.15, 0.2) is 41.7 Å². The van der Waals surface area contributed by atoms with Crippen LogP contribution in [0.2, 0.25) is 0 Å². The molecular formula is C15H10FN3O2. The summed E-state index contributed by atoms with van der Waals surface area (Å²) in [5, 5.41) is 0. The summed E-state index contributed by atoms with van der Waals surface area (Å²) in [5.74, 6) is -0.977. The molecule has 1 heterocycles. The van der Waals surface area contributed by atoms with Gasteiger partial charge >= 0.3 is 0 Å². The number of carbonyl (C=O) groups excluding carboxylic acids is 2. The van der Waals surface area contributed by atoms with Crippen molar-refractivity contribution in [2.75, 3.05) is 0 Å². The number of aromatic nitrogens is 2. The number of nitrogens with zero attached hydrogens (tertiary/aromatic N) is 3. The summed E-state index contributed by atoms with van der Waals surface area (Å²) in [6.07, 6.45) is 2.67. The number of hydrogen-bond donors (Lipinski definition) is 0. The zero-order valence-electron chi connectivity index (χ0n) is 10.9. The van der Waals surface area contributed by atoms with Crippen molar-refractivity contribution in [1.82, 2.24) is 9.97 Å². The highest BCUT2D eigenvalue weighted by molar-refractivity contribution is 6.51. The molecule has 0 unspecified atom stereocenters. The minimum absolute atomic E-state index is 0.0478. The Balaban J connectivity index is 1.87. The second-order valence-electron chi connectivity index (χ2n) is 4.57. The van der Waals surface area contributed by atoms with E-state index < -0.39 is 0 Å². The molecule has 0 aliphatic heterocycles. The lowest BCUT2D eigenvalue weighted by Crippen LogP contribution is -2.29. The van der Waals surface area contributed by atoms with Gasteiger partial charge in [0.15, 0.2) is 5.78 Å². The van der Waals surface area contributed by atoms with Crippen LogP contribution in [0, 0.1) is 5.82 Å². The molecule has 0 saturated heterocycles. The van der Waals surface area contributed by atoms with Crippen molar-refractivity contribution in [2.45, 2.75) is 13.0 Å². The average molecular weight is 283 g/mol. The first-order chi connectivity index (χ1) is 10.1. The van der Waals surface area contributed by atoms with Gasteiger partial charge in [-0.1, -0.05) is 12.1 Å². The number of hydrogen-bond acceptors (Lipinski definition) is 5. The fraction of sp³-hybridized carbons (Fsp3) is 0.133. The number of benzene rings is 1. The second-order valence-corrected chi connectivity index (χ2v) is 4.57. The topological polar surface area (TPSA) is 72.3 Å². The summed E-state index contributed by atoms with van der Waals surface area (Å²) in [7, 11) is 0. The van der Waals surface area contributed by atoms with Crippen LogP contribution < -0.4 is 0 Å². The monoisotopic (exact) mass is 283 g/mol. The van der Waals surface area contributed by atoms with Crippen LogP contribution in [0.5, 0.6) is 0 Å². The first kappa shape index (κ1) is 13.2. The van der Waals surface area contributed by atoms with Gasteiger partial charge in [0, 0.05) is 12.4 Å². The molecule has 5 nitrogen and oxygen atoms in total. The third kappa shape index (κ3) is 2.60. The molecule has 0 fully saturated rings. The van der Waals surface area contributed by atoms with E-state index in [0.717, 1.165) is 5.56 Å². The van der Waals surface area contributed by atoms with Gasteiger partial charge in [0.1, 0.15) is 17.2 Å². The van der Waals surface area contributed by atoms with E-state index in [1.165, 1.54) is 24.5 Å². The SMILES string of the molecule is O=C1CC(=NCc2ccc(F)cc2)C(=O)c2nccnc21. The van der Waals surface area contributed by atoms with Crippen molar-refractivity contribution in [3.05, 3.63) is 59.4 Å². The number of carbonyl (C=O) groups is 2. The van der Waals surface area contributed by atoms with Gasteiger partial charge in [-0.05, 0) is 17.7 Å². The van der Waals surface area contributed by atoms with Crippen LogP contribution in [-0.2, 0) is 6.54 Å². The van der Waals surface area contributed by atoms with Crippen molar-refractivity contribution >= 4 is 17.3 Å². The molecule has 0 amide bonds. The Morgan fingerprint density at radius 2 is 1.71 bits per heavy atom. The van der Waals surface area contributed by atoms with Crippen LogP contribution in [0.25, 0.3) is 0 Å². The maximum Gasteiger partial charge on any atom is 0.227 e. The van der Waals surface area contributed by atoms with E-state index in [2.05, 4.69) is 15.0 Å². The molecular weight excluding hydrogens is 273 g/mol. The smallest absolute Gasteiger partial charge is 0.227 e. The molecule has 0 atom stereocenters. The number of ketones is 2. The van der Waals surface area contributed by atoms with E-state index >= 15 is 0 Å². The number of fused-ring (bicyclic) bond motifs is 1. The quantitative estimate of drug-likeness (QED) is 0.845. The van der Waals surface area contributed by atoms with E-state index in [-0.39, 0.29) is 47.4 Å². The van der Waals surface area contributed by atoms with E-state index in [0.29, 0.717) is 0 Å². The van der Waals surface area contributed by atoms with Crippen molar-refractivity contribution < 1.29 is 14.0 Å². The molecule has 1 aromatic heterocycles. The highest BCUT2D eigenvalue weighted by atomic mass is 19.1. The van der Waals surface area contributed by atoms with Crippen LogP contribution in [0.4, 0.5) is 4.39 Å². The molecule has 6 heteroatoms. The second kappa shape index (κ2) is 5.32. The van der Waals surface area contributed by atoms with Gasteiger partial charge in [0.25, 0.3) is 0 Å². The van der Waals surface area contributed by atoms with Crippen molar-refractivity contribution in [3.8, 4) is 0 Å². The largest absolute Gasteiger partial charge is 0.292 e. The van der Waals surface area contributed by atoms with Crippen molar-refractivity contribution in [2.24, 2.45) is 4.99 Å². The molecule has 0 bridgehead atoms. The summed E-state index contributed by atoms with van der Waals surface area (Å²) in [6, 6.07) is 5.82. The molecule has 104 valence electrons. The molecule has 1 aliphatic carbocycles. The van der Waals surface area contributed by atoms with Gasteiger partial charge in [0.05, 0.1) is 18.7 Å². The summed E-state index contributed by atoms with van der Waals surface area (Å²) < 4.78 is 12.8. The minimum atomic E-state index is -0.375. The van der Waals surface area contributed by atoms with Crippen LogP contribution >= 0.6 is 0 Å². The highest BCUT2D eigenvalue weighted by Crippen LogP contribution is 2.16. The zero-order valence-corrected chi connectivity index (χ0v) is 10.9. The first-order valence-electron chi connectivity index (χ1n) is 6.32. The van der Waals surface area contributed by atoms with Crippen LogP contribution in [0.1, 0.15) is 33.0 Å². The highest BCUT2D eigenvalue weighted by Gasteiger charge is 2.31. The predicted molar refractivity (Wildman–Crippen MR) is 72.8 cm³/mol. The summed E-state index contributed by atoms with van der Waals surface area (Å²) in [5.41, 5.74) is 1.07. The first-order valence-corrected chi connectivity index (χ1v) is 6.32. The molecule has 3 rings (SSSR count). The Morgan fingerprint density at radius 3 is 2.43 bits per heavy atom. The van der Waals surface area contributed by atoms with Gasteiger partial charge in [-0.25, -0.2) is 14.4 Å². The van der Waals surface area contributed by atoms with E-state index in [9.17, 15) is 14.0 Å². The zero-order chi connectivity index (χ0) is 14.8. The Kier molecular flexibility index (Phi) is 3.35. The van der Waals surface area contributed by atoms with Crippen LogP contribution in [-0.4, -0.2) is 27.2 Å². The fourth-order valence-electron chi connectivity index (χ4n) is 2.07. The average Bonchev–Trinajstić information content (AvgIpc) is 2.51. The normalized spacial score (nSPS) is 16.1. The predicted octanol–water partition coefficient (Wildman–Crippen LogP) is 2.03. The Morgan fingerprint density at radius 1 is 1.05 bits per heavy atom. The number of rotatable bonds is 2. The molecule has 1 aliphatic rings. The lowest BCUT2D eigenvalue weighted by molar-refractivity contribution is 0.0957. The van der Waals surface area contributed by atoms with Gasteiger partial charge < -0.3 is 0 Å². The number of halogens is 1. The van der Waals surface area contributed by atoms with Gasteiger partial charge in [-0.2, -0.15) is 0 Å². The molecule has 0 spiro atoms. The molecule has 0 radical (unpaired) electrons. The molecule has 0 N–H and O–H groups in total. The number of aliphatic imine (C=N–C) groups is 1. The molecule has 21 heavy (non-hydrogen) atoms. The Labute approximate surface area is 119 Å². The maximum atomic E-state index is 12.8. The van der Waals surface area contributed by atoms with Gasteiger partial charge in [-0.3, -0.25) is 14.6 Å². The summed E-state index contributed by atoms with van der Waals surface area (Å²) >= 11 is 0. The van der Waals surface area contributed by atoms with Gasteiger partial charge in [-0.15, -0.1) is 0 Å². The van der Waals surface area contributed by atoms with Crippen molar-refractivity contribution in [3.63, 3.8) is 0 Å². The molecule has 2 aromatic rings. The summed E-state index contributed by atoms with van der Waals surface area (Å²) in [6.45, 7) is 0.213. The van der Waals surface area contributed by atoms with Crippen molar-refractivity contribution in [1.29, 1.82) is 0 Å². The minimum Gasteiger partial charge on any atom is -0.292 e. The van der Waals surface area contributed by atoms with E-state index in [1.807, 2.05) is 0 Å². The van der Waals surface area contributed by atoms with E-state index in [1.54, 1.807) is 12.1 Å².